The molecule has 0 fully saturated rings. The molecule has 6 nitrogen and oxygen atoms in total. The minimum atomic E-state index is 0.0780. The average molecular weight is 425 g/mol. The highest BCUT2D eigenvalue weighted by molar-refractivity contribution is 5.64. The van der Waals surface area contributed by atoms with Crippen molar-refractivity contribution in [1.29, 1.82) is 0 Å². The van der Waals surface area contributed by atoms with E-state index in [-0.39, 0.29) is 17.4 Å². The maximum absolute atomic E-state index is 11.0. The van der Waals surface area contributed by atoms with Crippen LogP contribution in [0.2, 0.25) is 0 Å². The standard InChI is InChI=1S/C26H23N3O3/c30-20-10-6-18(7-11-20)15-23-26(32)29-16-24(19-8-12-21(31)13-9-19)27-22(25(29)28-23)14-17-4-2-1-3-5-17/h1-2,4,6-13,16,30-32H,3,5,14-15H2. The Labute approximate surface area is 185 Å². The minimum Gasteiger partial charge on any atom is -0.508 e. The van der Waals surface area contributed by atoms with Gasteiger partial charge in [-0.25, -0.2) is 9.97 Å². The topological polar surface area (TPSA) is 90.9 Å². The van der Waals surface area contributed by atoms with Crippen LogP contribution >= 0.6 is 0 Å². The van der Waals surface area contributed by atoms with Gasteiger partial charge in [0.1, 0.15) is 17.2 Å². The Kier molecular flexibility index (Phi) is 5.11. The highest BCUT2D eigenvalue weighted by atomic mass is 16.3. The largest absolute Gasteiger partial charge is 0.508 e. The van der Waals surface area contributed by atoms with E-state index in [0.717, 1.165) is 29.7 Å². The molecule has 0 bridgehead atoms. The Balaban J connectivity index is 1.62. The molecule has 0 spiro atoms. The Bertz CT molecular complexity index is 1330. The number of hydrogen-bond acceptors (Lipinski definition) is 5. The molecular weight excluding hydrogens is 402 g/mol. The van der Waals surface area contributed by atoms with Gasteiger partial charge in [-0.1, -0.05) is 35.9 Å². The third-order valence-corrected chi connectivity index (χ3v) is 5.69. The van der Waals surface area contributed by atoms with Gasteiger partial charge < -0.3 is 15.3 Å². The summed E-state index contributed by atoms with van der Waals surface area (Å²) in [5.41, 5.74) is 5.74. The Hall–Kier alpha value is -4.06. The number of aromatic hydroxyl groups is 3. The maximum atomic E-state index is 11.0. The number of hydrogen-bond donors (Lipinski definition) is 3. The van der Waals surface area contributed by atoms with Gasteiger partial charge in [-0.15, -0.1) is 0 Å². The molecule has 6 heteroatoms. The molecule has 2 aromatic carbocycles. The molecule has 0 atom stereocenters. The fraction of sp³-hybridized carbons (Fsp3) is 0.154. The molecule has 160 valence electrons. The van der Waals surface area contributed by atoms with Gasteiger partial charge in [-0.2, -0.15) is 0 Å². The molecule has 32 heavy (non-hydrogen) atoms. The molecule has 0 aliphatic heterocycles. The van der Waals surface area contributed by atoms with Crippen molar-refractivity contribution < 1.29 is 15.3 Å². The van der Waals surface area contributed by atoms with Crippen LogP contribution in [0.15, 0.2) is 78.5 Å². The highest BCUT2D eigenvalue weighted by Gasteiger charge is 2.18. The molecular formula is C26H23N3O3. The van der Waals surface area contributed by atoms with E-state index < -0.39 is 0 Å². The van der Waals surface area contributed by atoms with Crippen molar-refractivity contribution in [3.8, 4) is 28.6 Å². The second kappa shape index (κ2) is 8.23. The second-order valence-corrected chi connectivity index (χ2v) is 8.01. The van der Waals surface area contributed by atoms with Crippen LogP contribution < -0.4 is 0 Å². The summed E-state index contributed by atoms with van der Waals surface area (Å²) in [5, 5.41) is 30.2. The lowest BCUT2D eigenvalue weighted by Gasteiger charge is -2.11. The molecule has 0 saturated carbocycles. The summed E-state index contributed by atoms with van der Waals surface area (Å²) in [6.07, 6.45) is 11.2. The SMILES string of the molecule is Oc1ccc(Cc2nc3c(CC4=CC=CCC4)nc(-c4ccc(O)cc4)cn3c2O)cc1. The van der Waals surface area contributed by atoms with Gasteiger partial charge in [-0.05, 0) is 54.8 Å². The number of rotatable bonds is 5. The van der Waals surface area contributed by atoms with Crippen LogP contribution in [0.1, 0.15) is 29.8 Å². The number of phenols is 2. The van der Waals surface area contributed by atoms with Crippen molar-refractivity contribution >= 4 is 5.65 Å². The summed E-state index contributed by atoms with van der Waals surface area (Å²) in [7, 11) is 0. The smallest absolute Gasteiger partial charge is 0.219 e. The monoisotopic (exact) mass is 425 g/mol. The first-order valence-corrected chi connectivity index (χ1v) is 10.6. The normalized spacial score (nSPS) is 13.4. The minimum absolute atomic E-state index is 0.0780. The number of phenolic OH excluding ortho intramolecular Hbond substituents is 2. The van der Waals surface area contributed by atoms with Crippen LogP contribution in [0, 0.1) is 0 Å². The third kappa shape index (κ3) is 3.95. The maximum Gasteiger partial charge on any atom is 0.219 e. The van der Waals surface area contributed by atoms with E-state index in [9.17, 15) is 15.3 Å². The van der Waals surface area contributed by atoms with Gasteiger partial charge in [-0.3, -0.25) is 4.40 Å². The molecule has 2 aromatic heterocycles. The van der Waals surface area contributed by atoms with Crippen LogP contribution in [0.4, 0.5) is 0 Å². The van der Waals surface area contributed by atoms with Gasteiger partial charge in [0.2, 0.25) is 5.88 Å². The van der Waals surface area contributed by atoms with Gasteiger partial charge in [0, 0.05) is 24.6 Å². The predicted octanol–water partition coefficient (Wildman–Crippen LogP) is 4.92. The Morgan fingerprint density at radius 1 is 0.812 bits per heavy atom. The molecule has 5 rings (SSSR count). The van der Waals surface area contributed by atoms with Crippen molar-refractivity contribution in [1.82, 2.24) is 14.4 Å². The van der Waals surface area contributed by atoms with E-state index in [1.807, 2.05) is 12.1 Å². The van der Waals surface area contributed by atoms with E-state index >= 15 is 0 Å². The lowest BCUT2D eigenvalue weighted by atomic mass is 10.0. The zero-order valence-electron chi connectivity index (χ0n) is 17.4. The summed E-state index contributed by atoms with van der Waals surface area (Å²) in [6, 6.07) is 13.8. The van der Waals surface area contributed by atoms with Crippen molar-refractivity contribution in [2.45, 2.75) is 25.7 Å². The first-order chi connectivity index (χ1) is 15.6. The zero-order valence-corrected chi connectivity index (χ0v) is 17.4. The molecule has 2 heterocycles. The van der Waals surface area contributed by atoms with E-state index in [4.69, 9.17) is 9.97 Å². The summed E-state index contributed by atoms with van der Waals surface area (Å²) in [6.45, 7) is 0. The van der Waals surface area contributed by atoms with Crippen LogP contribution in [0.3, 0.4) is 0 Å². The number of allylic oxidation sites excluding steroid dienone is 4. The number of benzene rings is 2. The Morgan fingerprint density at radius 2 is 1.53 bits per heavy atom. The fourth-order valence-corrected chi connectivity index (χ4v) is 3.97. The summed E-state index contributed by atoms with van der Waals surface area (Å²) >= 11 is 0. The predicted molar refractivity (Wildman–Crippen MR) is 123 cm³/mol. The zero-order chi connectivity index (χ0) is 22.1. The number of imidazole rings is 1. The molecule has 3 N–H and O–H groups in total. The van der Waals surface area contributed by atoms with Crippen LogP contribution in [0.5, 0.6) is 17.4 Å². The van der Waals surface area contributed by atoms with E-state index in [1.165, 1.54) is 5.57 Å². The molecule has 1 aliphatic rings. The van der Waals surface area contributed by atoms with Crippen LogP contribution in [-0.2, 0) is 12.8 Å². The van der Waals surface area contributed by atoms with Crippen LogP contribution in [-0.4, -0.2) is 29.7 Å². The second-order valence-electron chi connectivity index (χ2n) is 8.01. The van der Waals surface area contributed by atoms with Crippen molar-refractivity contribution in [2.75, 3.05) is 0 Å². The van der Waals surface area contributed by atoms with Gasteiger partial charge in [0.05, 0.1) is 11.4 Å². The molecule has 0 amide bonds. The van der Waals surface area contributed by atoms with E-state index in [2.05, 4.69) is 18.2 Å². The molecule has 0 radical (unpaired) electrons. The third-order valence-electron chi connectivity index (χ3n) is 5.69. The lowest BCUT2D eigenvalue weighted by Crippen LogP contribution is -2.02. The average Bonchev–Trinajstić information content (AvgIpc) is 3.12. The summed E-state index contributed by atoms with van der Waals surface area (Å²) in [4.78, 5) is 9.64. The van der Waals surface area contributed by atoms with E-state index in [0.29, 0.717) is 29.9 Å². The molecule has 0 saturated heterocycles. The van der Waals surface area contributed by atoms with Crippen LogP contribution in [0.25, 0.3) is 16.9 Å². The van der Waals surface area contributed by atoms with Gasteiger partial charge in [0.15, 0.2) is 5.65 Å². The van der Waals surface area contributed by atoms with Crippen molar-refractivity contribution in [3.63, 3.8) is 0 Å². The first-order valence-electron chi connectivity index (χ1n) is 10.6. The van der Waals surface area contributed by atoms with E-state index in [1.54, 1.807) is 47.0 Å². The first kappa shape index (κ1) is 19.9. The van der Waals surface area contributed by atoms with Crippen molar-refractivity contribution in [3.05, 3.63) is 95.5 Å². The Morgan fingerprint density at radius 3 is 2.22 bits per heavy atom. The quantitative estimate of drug-likeness (QED) is 0.422. The number of fused-ring (bicyclic) bond motifs is 1. The lowest BCUT2D eigenvalue weighted by molar-refractivity contribution is 0.442. The summed E-state index contributed by atoms with van der Waals surface area (Å²) in [5.74, 6) is 0.470. The highest BCUT2D eigenvalue weighted by Crippen LogP contribution is 2.30. The molecule has 0 unspecified atom stereocenters. The molecule has 4 aromatic rings. The van der Waals surface area contributed by atoms with Gasteiger partial charge >= 0.3 is 0 Å². The molecule has 1 aliphatic carbocycles. The van der Waals surface area contributed by atoms with Crippen molar-refractivity contribution in [2.24, 2.45) is 0 Å². The number of aromatic nitrogens is 3. The summed E-state index contributed by atoms with van der Waals surface area (Å²) < 4.78 is 1.69. The fourth-order valence-electron chi connectivity index (χ4n) is 3.97. The van der Waals surface area contributed by atoms with Gasteiger partial charge in [0.25, 0.3) is 0 Å². The number of nitrogens with zero attached hydrogens (tertiary/aromatic N) is 3.